The fraction of sp³-hybridized carbons (Fsp3) is 1.00. The number of nitrogens with one attached hydrogen (secondary N) is 1. The molecule has 0 aromatic carbocycles. The molecule has 1 heterocycles. The van der Waals surface area contributed by atoms with Gasteiger partial charge in [-0.05, 0) is 51.4 Å². The Morgan fingerprint density at radius 2 is 1.88 bits per heavy atom. The van der Waals surface area contributed by atoms with Gasteiger partial charge in [-0.25, -0.2) is 0 Å². The van der Waals surface area contributed by atoms with Crippen LogP contribution in [0.1, 0.15) is 71.1 Å². The smallest absolute Gasteiger partial charge is 0.0697 e. The Kier molecular flexibility index (Phi) is 3.20. The summed E-state index contributed by atoms with van der Waals surface area (Å²) >= 11 is 0. The molecule has 2 nitrogen and oxygen atoms in total. The summed E-state index contributed by atoms with van der Waals surface area (Å²) < 4.78 is 6.12. The van der Waals surface area contributed by atoms with Crippen LogP contribution < -0.4 is 5.32 Å². The van der Waals surface area contributed by atoms with Crippen LogP contribution in [0.15, 0.2) is 0 Å². The van der Waals surface area contributed by atoms with Gasteiger partial charge in [0.25, 0.3) is 0 Å². The summed E-state index contributed by atoms with van der Waals surface area (Å²) in [5, 5.41) is 3.99. The third kappa shape index (κ3) is 2.26. The van der Waals surface area contributed by atoms with Gasteiger partial charge in [-0.15, -0.1) is 0 Å². The first kappa shape index (κ1) is 12.0. The minimum absolute atomic E-state index is 0.272. The van der Waals surface area contributed by atoms with Crippen LogP contribution in [0.25, 0.3) is 0 Å². The molecule has 0 amide bonds. The van der Waals surface area contributed by atoms with Crippen molar-refractivity contribution in [1.82, 2.24) is 5.32 Å². The molecule has 0 bridgehead atoms. The van der Waals surface area contributed by atoms with E-state index in [4.69, 9.17) is 4.74 Å². The molecule has 1 spiro atoms. The summed E-state index contributed by atoms with van der Waals surface area (Å²) in [4.78, 5) is 0. The third-order valence-corrected chi connectivity index (χ3v) is 5.51. The van der Waals surface area contributed by atoms with E-state index in [2.05, 4.69) is 12.2 Å². The Morgan fingerprint density at radius 3 is 2.47 bits per heavy atom. The predicted octanol–water partition coefficient (Wildman–Crippen LogP) is 3.40. The van der Waals surface area contributed by atoms with Gasteiger partial charge in [-0.2, -0.15) is 0 Å². The van der Waals surface area contributed by atoms with Gasteiger partial charge in [-0.3, -0.25) is 0 Å². The molecular formula is C15H27NO. The van der Waals surface area contributed by atoms with Crippen molar-refractivity contribution < 1.29 is 4.74 Å². The van der Waals surface area contributed by atoms with Crippen LogP contribution in [0.2, 0.25) is 0 Å². The third-order valence-electron chi connectivity index (χ3n) is 5.51. The van der Waals surface area contributed by atoms with E-state index in [1.165, 1.54) is 64.2 Å². The van der Waals surface area contributed by atoms with Crippen molar-refractivity contribution in [2.24, 2.45) is 0 Å². The fourth-order valence-electron chi connectivity index (χ4n) is 4.16. The Morgan fingerprint density at radius 1 is 1.12 bits per heavy atom. The minimum Gasteiger partial charge on any atom is -0.375 e. The van der Waals surface area contributed by atoms with Gasteiger partial charge < -0.3 is 10.1 Å². The van der Waals surface area contributed by atoms with Crippen LogP contribution in [0, 0.1) is 0 Å². The molecule has 0 aromatic heterocycles. The first-order chi connectivity index (χ1) is 8.26. The lowest BCUT2D eigenvalue weighted by Gasteiger charge is -2.48. The van der Waals surface area contributed by atoms with Crippen LogP contribution >= 0.6 is 0 Å². The monoisotopic (exact) mass is 237 g/mol. The number of rotatable bonds is 3. The minimum atomic E-state index is 0.272. The zero-order valence-electron chi connectivity index (χ0n) is 11.3. The Balaban J connectivity index is 1.60. The second-order valence-electron chi connectivity index (χ2n) is 6.56. The van der Waals surface area contributed by atoms with Crippen molar-refractivity contribution in [2.75, 3.05) is 6.61 Å². The average Bonchev–Trinajstić information content (AvgIpc) is 2.72. The zero-order chi connectivity index (χ0) is 11.8. The highest BCUT2D eigenvalue weighted by Crippen LogP contribution is 2.42. The van der Waals surface area contributed by atoms with Crippen molar-refractivity contribution in [3.63, 3.8) is 0 Å². The normalized spacial score (nSPS) is 34.8. The van der Waals surface area contributed by atoms with Crippen LogP contribution in [-0.2, 0) is 4.74 Å². The first-order valence-corrected chi connectivity index (χ1v) is 7.68. The van der Waals surface area contributed by atoms with Gasteiger partial charge in [0.15, 0.2) is 0 Å². The fourth-order valence-corrected chi connectivity index (χ4v) is 4.16. The number of hydrogen-bond donors (Lipinski definition) is 1. The summed E-state index contributed by atoms with van der Waals surface area (Å²) in [6.07, 6.45) is 13.4. The molecule has 2 aliphatic carbocycles. The highest BCUT2D eigenvalue weighted by Gasteiger charge is 2.43. The molecular weight excluding hydrogens is 210 g/mol. The van der Waals surface area contributed by atoms with Crippen LogP contribution in [-0.4, -0.2) is 23.8 Å². The standard InChI is InChI=1S/C15H27NO/c1-2-14(7-5-8-14)16-13-6-11-17-15(12-13)9-3-4-10-15/h13,16H,2-12H2,1H3. The molecule has 0 radical (unpaired) electrons. The van der Waals surface area contributed by atoms with Crippen LogP contribution in [0.5, 0.6) is 0 Å². The second-order valence-corrected chi connectivity index (χ2v) is 6.56. The maximum Gasteiger partial charge on any atom is 0.0697 e. The van der Waals surface area contributed by atoms with Crippen molar-refractivity contribution in [2.45, 2.75) is 88.3 Å². The quantitative estimate of drug-likeness (QED) is 0.812. The van der Waals surface area contributed by atoms with Gasteiger partial charge >= 0.3 is 0 Å². The summed E-state index contributed by atoms with van der Waals surface area (Å²) in [6, 6.07) is 0.724. The lowest BCUT2D eigenvalue weighted by molar-refractivity contribution is -0.0892. The predicted molar refractivity (Wildman–Crippen MR) is 70.2 cm³/mol. The average molecular weight is 237 g/mol. The summed E-state index contributed by atoms with van der Waals surface area (Å²) in [5.41, 5.74) is 0.774. The molecule has 1 atom stereocenters. The van der Waals surface area contributed by atoms with Crippen molar-refractivity contribution in [3.8, 4) is 0 Å². The lowest BCUT2D eigenvalue weighted by Crippen LogP contribution is -2.57. The molecule has 17 heavy (non-hydrogen) atoms. The van der Waals surface area contributed by atoms with E-state index >= 15 is 0 Å². The molecule has 2 heteroatoms. The summed E-state index contributed by atoms with van der Waals surface area (Å²) in [7, 11) is 0. The van der Waals surface area contributed by atoms with E-state index < -0.39 is 0 Å². The Hall–Kier alpha value is -0.0800. The molecule has 3 aliphatic rings. The lowest BCUT2D eigenvalue weighted by atomic mass is 9.73. The Labute approximate surface area is 105 Å². The molecule has 1 saturated heterocycles. The van der Waals surface area contributed by atoms with Gasteiger partial charge in [0.1, 0.15) is 0 Å². The maximum atomic E-state index is 6.12. The van der Waals surface area contributed by atoms with Gasteiger partial charge in [0, 0.05) is 18.2 Å². The largest absolute Gasteiger partial charge is 0.375 e. The van der Waals surface area contributed by atoms with Crippen LogP contribution in [0.3, 0.4) is 0 Å². The molecule has 2 saturated carbocycles. The summed E-state index contributed by atoms with van der Waals surface area (Å²) in [5.74, 6) is 0. The van der Waals surface area contributed by atoms with Gasteiger partial charge in [0.05, 0.1) is 5.60 Å². The molecule has 98 valence electrons. The van der Waals surface area contributed by atoms with E-state index in [1.54, 1.807) is 0 Å². The van der Waals surface area contributed by atoms with Gasteiger partial charge in [-0.1, -0.05) is 19.8 Å². The topological polar surface area (TPSA) is 21.3 Å². The SMILES string of the molecule is CCC1(NC2CCOC3(CCCC3)C2)CCC1. The molecule has 3 fully saturated rings. The van der Waals surface area contributed by atoms with Crippen molar-refractivity contribution >= 4 is 0 Å². The molecule has 3 rings (SSSR count). The highest BCUT2D eigenvalue weighted by molar-refractivity contribution is 5.00. The Bertz CT molecular complexity index is 259. The van der Waals surface area contributed by atoms with E-state index in [1.807, 2.05) is 0 Å². The van der Waals surface area contributed by atoms with Gasteiger partial charge in [0.2, 0.25) is 0 Å². The molecule has 1 N–H and O–H groups in total. The van der Waals surface area contributed by atoms with Crippen LogP contribution in [0.4, 0.5) is 0 Å². The maximum absolute atomic E-state index is 6.12. The van der Waals surface area contributed by atoms with E-state index in [0.717, 1.165) is 12.6 Å². The second kappa shape index (κ2) is 4.55. The summed E-state index contributed by atoms with van der Waals surface area (Å²) in [6.45, 7) is 3.33. The molecule has 1 unspecified atom stereocenters. The van der Waals surface area contributed by atoms with E-state index in [0.29, 0.717) is 5.54 Å². The van der Waals surface area contributed by atoms with Crippen molar-refractivity contribution in [3.05, 3.63) is 0 Å². The van der Waals surface area contributed by atoms with E-state index in [-0.39, 0.29) is 5.60 Å². The number of ether oxygens (including phenoxy) is 1. The van der Waals surface area contributed by atoms with Crippen molar-refractivity contribution in [1.29, 1.82) is 0 Å². The first-order valence-electron chi connectivity index (χ1n) is 7.68. The highest BCUT2D eigenvalue weighted by atomic mass is 16.5. The molecule has 0 aromatic rings. The molecule has 1 aliphatic heterocycles. The zero-order valence-corrected chi connectivity index (χ0v) is 11.3. The van der Waals surface area contributed by atoms with E-state index in [9.17, 15) is 0 Å². The number of hydrogen-bond acceptors (Lipinski definition) is 2.